The molecular weight excluding hydrogens is 304 g/mol. The van der Waals surface area contributed by atoms with Crippen molar-refractivity contribution in [2.24, 2.45) is 0 Å². The lowest BCUT2D eigenvalue weighted by Crippen LogP contribution is -1.80. The molecule has 0 radical (unpaired) electrons. The van der Waals surface area contributed by atoms with Gasteiger partial charge in [0.1, 0.15) is 0 Å². The van der Waals surface area contributed by atoms with E-state index in [0.717, 1.165) is 10.8 Å². The van der Waals surface area contributed by atoms with Gasteiger partial charge in [-0.1, -0.05) is 48.5 Å². The molecule has 2 heteroatoms. The van der Waals surface area contributed by atoms with Crippen molar-refractivity contribution in [1.82, 2.24) is 4.40 Å². The van der Waals surface area contributed by atoms with Gasteiger partial charge in [-0.05, 0) is 35.0 Å². The first-order valence-electron chi connectivity index (χ1n) is 8.36. The molecule has 0 unspecified atom stereocenters. The monoisotopic (exact) mass is 316 g/mol. The third kappa shape index (κ3) is 1.44. The second-order valence-electron chi connectivity index (χ2n) is 6.57. The summed E-state index contributed by atoms with van der Waals surface area (Å²) < 4.78 is 2.35. The van der Waals surface area contributed by atoms with Crippen LogP contribution in [0.1, 0.15) is 5.56 Å². The number of aromatic nitrogens is 1. The lowest BCUT2D eigenvalue weighted by Gasteiger charge is -2.02. The summed E-state index contributed by atoms with van der Waals surface area (Å²) in [7, 11) is 0. The zero-order valence-corrected chi connectivity index (χ0v) is 13.3. The summed E-state index contributed by atoms with van der Waals surface area (Å²) in [5, 5.41) is 16.8. The summed E-state index contributed by atoms with van der Waals surface area (Å²) in [6.07, 6.45) is 0. The fraction of sp³-hybridized carbons (Fsp3) is 0. The highest BCUT2D eigenvalue weighted by molar-refractivity contribution is 6.28. The molecule has 0 aliphatic rings. The lowest BCUT2D eigenvalue weighted by atomic mass is 10.0. The Labute approximate surface area is 143 Å². The highest BCUT2D eigenvalue weighted by Gasteiger charge is 2.19. The maximum Gasteiger partial charge on any atom is 0.0992 e. The fourth-order valence-electron chi connectivity index (χ4n) is 4.33. The summed E-state index contributed by atoms with van der Waals surface area (Å²) >= 11 is 0. The second-order valence-corrected chi connectivity index (χ2v) is 6.57. The van der Waals surface area contributed by atoms with Crippen LogP contribution in [0.25, 0.3) is 48.9 Å². The first-order chi connectivity index (χ1) is 12.4. The summed E-state index contributed by atoms with van der Waals surface area (Å²) in [5.41, 5.74) is 4.33. The lowest BCUT2D eigenvalue weighted by molar-refractivity contribution is 1.37. The SMILES string of the molecule is N#Cc1cc2c3ccccc3n3c4ccc5ccccc5c4c(c1)c23. The highest BCUT2D eigenvalue weighted by Crippen LogP contribution is 2.41. The van der Waals surface area contributed by atoms with Crippen LogP contribution in [-0.2, 0) is 0 Å². The molecular formula is C23H12N2. The van der Waals surface area contributed by atoms with E-state index in [2.05, 4.69) is 71.1 Å². The summed E-state index contributed by atoms with van der Waals surface area (Å²) in [5.74, 6) is 0. The molecule has 6 aromatic rings. The summed E-state index contributed by atoms with van der Waals surface area (Å²) in [6.45, 7) is 0. The molecule has 25 heavy (non-hydrogen) atoms. The van der Waals surface area contributed by atoms with Crippen molar-refractivity contribution in [3.8, 4) is 6.07 Å². The van der Waals surface area contributed by atoms with E-state index in [-0.39, 0.29) is 0 Å². The molecule has 0 aliphatic heterocycles. The van der Waals surface area contributed by atoms with Crippen LogP contribution in [0.2, 0.25) is 0 Å². The first-order valence-corrected chi connectivity index (χ1v) is 8.36. The molecule has 0 saturated carbocycles. The number of nitrogens with zero attached hydrogens (tertiary/aromatic N) is 2. The molecule has 2 heterocycles. The van der Waals surface area contributed by atoms with Gasteiger partial charge in [-0.2, -0.15) is 5.26 Å². The van der Waals surface area contributed by atoms with Crippen molar-refractivity contribution < 1.29 is 0 Å². The zero-order chi connectivity index (χ0) is 16.5. The highest BCUT2D eigenvalue weighted by atomic mass is 14.9. The van der Waals surface area contributed by atoms with E-state index in [4.69, 9.17) is 0 Å². The minimum absolute atomic E-state index is 0.714. The van der Waals surface area contributed by atoms with E-state index >= 15 is 0 Å². The molecule has 0 bridgehead atoms. The Morgan fingerprint density at radius 3 is 2.32 bits per heavy atom. The van der Waals surface area contributed by atoms with E-state index < -0.39 is 0 Å². The first kappa shape index (κ1) is 12.8. The van der Waals surface area contributed by atoms with E-state index in [0.29, 0.717) is 5.56 Å². The van der Waals surface area contributed by atoms with Crippen LogP contribution in [0.15, 0.2) is 72.8 Å². The Hall–Kier alpha value is -3.57. The van der Waals surface area contributed by atoms with Gasteiger partial charge in [0.25, 0.3) is 0 Å². The van der Waals surface area contributed by atoms with Gasteiger partial charge < -0.3 is 4.40 Å². The van der Waals surface area contributed by atoms with Crippen molar-refractivity contribution in [1.29, 1.82) is 5.26 Å². The van der Waals surface area contributed by atoms with Gasteiger partial charge in [0.15, 0.2) is 0 Å². The molecule has 2 aromatic heterocycles. The predicted octanol–water partition coefficient (Wildman–Crippen LogP) is 5.86. The zero-order valence-electron chi connectivity index (χ0n) is 13.3. The molecule has 2 nitrogen and oxygen atoms in total. The third-order valence-corrected chi connectivity index (χ3v) is 5.32. The van der Waals surface area contributed by atoms with Crippen LogP contribution in [0.5, 0.6) is 0 Å². The molecule has 0 amide bonds. The standard InChI is InChI=1S/C23H12N2/c24-13-14-11-18-17-7-3-4-8-20(17)25-21-10-9-15-5-1-2-6-16(15)22(21)19(12-14)23(18)25/h1-12H. The quantitative estimate of drug-likeness (QED) is 0.345. The average Bonchev–Trinajstić information content (AvgIpc) is 3.19. The van der Waals surface area contributed by atoms with Crippen LogP contribution in [0.4, 0.5) is 0 Å². The Kier molecular flexibility index (Phi) is 2.19. The number of para-hydroxylation sites is 1. The van der Waals surface area contributed by atoms with Crippen LogP contribution in [0, 0.1) is 11.3 Å². The van der Waals surface area contributed by atoms with Crippen molar-refractivity contribution in [2.75, 3.05) is 0 Å². The molecule has 4 aromatic carbocycles. The number of hydrogen-bond donors (Lipinski definition) is 0. The van der Waals surface area contributed by atoms with Crippen LogP contribution < -0.4 is 0 Å². The molecule has 0 N–H and O–H groups in total. The number of rotatable bonds is 0. The molecule has 0 saturated heterocycles. The van der Waals surface area contributed by atoms with Crippen molar-refractivity contribution in [3.05, 3.63) is 78.4 Å². The van der Waals surface area contributed by atoms with Gasteiger partial charge in [-0.3, -0.25) is 0 Å². The molecule has 0 aliphatic carbocycles. The van der Waals surface area contributed by atoms with Gasteiger partial charge in [0.05, 0.1) is 28.2 Å². The van der Waals surface area contributed by atoms with Gasteiger partial charge in [0, 0.05) is 21.5 Å². The van der Waals surface area contributed by atoms with E-state index in [1.54, 1.807) is 0 Å². The number of hydrogen-bond acceptors (Lipinski definition) is 1. The Morgan fingerprint density at radius 2 is 1.44 bits per heavy atom. The average molecular weight is 316 g/mol. The third-order valence-electron chi connectivity index (χ3n) is 5.32. The topological polar surface area (TPSA) is 28.2 Å². The smallest absolute Gasteiger partial charge is 0.0992 e. The van der Waals surface area contributed by atoms with Gasteiger partial charge in [0.2, 0.25) is 0 Å². The predicted molar refractivity (Wildman–Crippen MR) is 103 cm³/mol. The fourth-order valence-corrected chi connectivity index (χ4v) is 4.33. The Morgan fingerprint density at radius 1 is 0.680 bits per heavy atom. The minimum Gasteiger partial charge on any atom is -0.308 e. The molecule has 0 fully saturated rings. The van der Waals surface area contributed by atoms with Crippen molar-refractivity contribution in [2.45, 2.75) is 0 Å². The summed E-state index contributed by atoms with van der Waals surface area (Å²) in [4.78, 5) is 0. The Bertz CT molecular complexity index is 1500. The van der Waals surface area contributed by atoms with Gasteiger partial charge >= 0.3 is 0 Å². The number of nitriles is 1. The van der Waals surface area contributed by atoms with Crippen molar-refractivity contribution in [3.63, 3.8) is 0 Å². The van der Waals surface area contributed by atoms with Crippen LogP contribution in [-0.4, -0.2) is 4.40 Å². The van der Waals surface area contributed by atoms with Gasteiger partial charge in [-0.25, -0.2) is 0 Å². The normalized spacial score (nSPS) is 12.0. The largest absolute Gasteiger partial charge is 0.308 e. The molecule has 0 spiro atoms. The van der Waals surface area contributed by atoms with E-state index in [1.165, 1.54) is 38.1 Å². The van der Waals surface area contributed by atoms with Crippen LogP contribution >= 0.6 is 0 Å². The van der Waals surface area contributed by atoms with E-state index in [9.17, 15) is 5.26 Å². The van der Waals surface area contributed by atoms with Gasteiger partial charge in [-0.15, -0.1) is 0 Å². The molecule has 6 rings (SSSR count). The maximum atomic E-state index is 9.55. The molecule has 0 atom stereocenters. The second kappa shape index (κ2) is 4.28. The number of fused-ring (bicyclic) bond motifs is 8. The molecule has 114 valence electrons. The summed E-state index contributed by atoms with van der Waals surface area (Å²) in [6, 6.07) is 27.7. The minimum atomic E-state index is 0.714. The van der Waals surface area contributed by atoms with E-state index in [1.807, 2.05) is 12.1 Å². The van der Waals surface area contributed by atoms with Crippen LogP contribution in [0.3, 0.4) is 0 Å². The van der Waals surface area contributed by atoms with Crippen molar-refractivity contribution >= 4 is 48.9 Å². The number of benzene rings is 4. The Balaban J connectivity index is 2.07. The maximum absolute atomic E-state index is 9.55.